The standard InChI is InChI=1S/C26H20O5/c1-18-15-26(28)31-24-16-22(12-13-23(18)24)30-25(27)14-9-19-7-10-21(11-8-19)29-17-20-5-3-2-4-6-20/h2-16H,17H2,1H3/b14-9+. The highest BCUT2D eigenvalue weighted by Crippen LogP contribution is 2.22. The van der Waals surface area contributed by atoms with Gasteiger partial charge in [0.2, 0.25) is 0 Å². The van der Waals surface area contributed by atoms with Gasteiger partial charge < -0.3 is 13.9 Å². The topological polar surface area (TPSA) is 65.7 Å². The van der Waals surface area contributed by atoms with Crippen LogP contribution >= 0.6 is 0 Å². The molecule has 154 valence electrons. The molecule has 0 spiro atoms. The minimum atomic E-state index is -0.529. The lowest BCUT2D eigenvalue weighted by Crippen LogP contribution is -2.04. The zero-order valence-corrected chi connectivity index (χ0v) is 16.9. The van der Waals surface area contributed by atoms with Crippen molar-refractivity contribution >= 4 is 23.0 Å². The molecule has 0 aliphatic carbocycles. The number of ether oxygens (including phenoxy) is 2. The first-order valence-corrected chi connectivity index (χ1v) is 9.78. The minimum absolute atomic E-state index is 0.306. The Labute approximate surface area is 179 Å². The first-order valence-electron chi connectivity index (χ1n) is 9.78. The molecule has 1 heterocycles. The van der Waals surface area contributed by atoms with Gasteiger partial charge in [-0.15, -0.1) is 0 Å². The van der Waals surface area contributed by atoms with E-state index in [1.807, 2.05) is 61.5 Å². The maximum Gasteiger partial charge on any atom is 0.336 e. The van der Waals surface area contributed by atoms with Crippen LogP contribution in [0.3, 0.4) is 0 Å². The number of carbonyl (C=O) groups is 1. The van der Waals surface area contributed by atoms with Gasteiger partial charge in [0.05, 0.1) is 0 Å². The Hall–Kier alpha value is -4.12. The van der Waals surface area contributed by atoms with Crippen LogP contribution in [0, 0.1) is 6.92 Å². The monoisotopic (exact) mass is 412 g/mol. The van der Waals surface area contributed by atoms with Crippen molar-refractivity contribution in [3.05, 3.63) is 112 Å². The summed E-state index contributed by atoms with van der Waals surface area (Å²) in [6.07, 6.45) is 3.01. The van der Waals surface area contributed by atoms with Crippen LogP contribution in [0.4, 0.5) is 0 Å². The van der Waals surface area contributed by atoms with Gasteiger partial charge >= 0.3 is 11.6 Å². The summed E-state index contributed by atoms with van der Waals surface area (Å²) in [5, 5.41) is 0.796. The molecule has 0 N–H and O–H groups in total. The van der Waals surface area contributed by atoms with E-state index in [1.54, 1.807) is 18.2 Å². The number of rotatable bonds is 6. The molecule has 0 unspecified atom stereocenters. The first kappa shape index (κ1) is 20.2. The van der Waals surface area contributed by atoms with Crippen molar-refractivity contribution in [3.63, 3.8) is 0 Å². The molecule has 0 aliphatic heterocycles. The van der Waals surface area contributed by atoms with Gasteiger partial charge in [-0.1, -0.05) is 42.5 Å². The Balaban J connectivity index is 1.36. The second kappa shape index (κ2) is 9.13. The van der Waals surface area contributed by atoms with E-state index in [-0.39, 0.29) is 0 Å². The van der Waals surface area contributed by atoms with Gasteiger partial charge in [0.15, 0.2) is 0 Å². The number of esters is 1. The quantitative estimate of drug-likeness (QED) is 0.186. The Kier molecular flexibility index (Phi) is 5.94. The summed E-state index contributed by atoms with van der Waals surface area (Å²) < 4.78 is 16.3. The molecule has 5 nitrogen and oxygen atoms in total. The van der Waals surface area contributed by atoms with Crippen molar-refractivity contribution < 1.29 is 18.7 Å². The lowest BCUT2D eigenvalue weighted by atomic mass is 10.1. The largest absolute Gasteiger partial charge is 0.489 e. The van der Waals surface area contributed by atoms with Crippen molar-refractivity contribution in [2.45, 2.75) is 13.5 Å². The van der Waals surface area contributed by atoms with Crippen LogP contribution in [0.1, 0.15) is 16.7 Å². The van der Waals surface area contributed by atoms with Crippen LogP contribution in [-0.4, -0.2) is 5.97 Å². The Morgan fingerprint density at radius 1 is 0.935 bits per heavy atom. The fraction of sp³-hybridized carbons (Fsp3) is 0.0769. The summed E-state index contributed by atoms with van der Waals surface area (Å²) >= 11 is 0. The molecule has 0 saturated carbocycles. The third-order valence-electron chi connectivity index (χ3n) is 4.68. The molecule has 1 aromatic heterocycles. The molecule has 0 bridgehead atoms. The number of carbonyl (C=O) groups excluding carboxylic acids is 1. The maximum absolute atomic E-state index is 12.2. The van der Waals surface area contributed by atoms with Crippen molar-refractivity contribution in [2.75, 3.05) is 0 Å². The van der Waals surface area contributed by atoms with E-state index in [0.717, 1.165) is 27.8 Å². The summed E-state index contributed by atoms with van der Waals surface area (Å²) in [6, 6.07) is 23.7. The fourth-order valence-corrected chi connectivity index (χ4v) is 3.10. The minimum Gasteiger partial charge on any atom is -0.489 e. The molecule has 4 rings (SSSR count). The van der Waals surface area contributed by atoms with E-state index < -0.39 is 11.6 Å². The molecule has 0 amide bonds. The third-order valence-corrected chi connectivity index (χ3v) is 4.68. The van der Waals surface area contributed by atoms with E-state index in [0.29, 0.717) is 17.9 Å². The van der Waals surface area contributed by atoms with E-state index in [9.17, 15) is 9.59 Å². The van der Waals surface area contributed by atoms with Crippen LogP contribution < -0.4 is 15.1 Å². The Morgan fingerprint density at radius 2 is 1.68 bits per heavy atom. The van der Waals surface area contributed by atoms with E-state index >= 15 is 0 Å². The highest BCUT2D eigenvalue weighted by molar-refractivity contribution is 5.89. The van der Waals surface area contributed by atoms with Crippen molar-refractivity contribution in [2.24, 2.45) is 0 Å². The molecule has 5 heteroatoms. The predicted molar refractivity (Wildman–Crippen MR) is 119 cm³/mol. The van der Waals surface area contributed by atoms with Gasteiger partial charge in [-0.05, 0) is 54.0 Å². The second-order valence-electron chi connectivity index (χ2n) is 7.00. The second-order valence-corrected chi connectivity index (χ2v) is 7.00. The van der Waals surface area contributed by atoms with Crippen molar-refractivity contribution in [1.29, 1.82) is 0 Å². The molecule has 0 radical (unpaired) electrons. The molecular formula is C26H20O5. The summed E-state index contributed by atoms with van der Waals surface area (Å²) in [6.45, 7) is 2.32. The van der Waals surface area contributed by atoms with Crippen molar-refractivity contribution in [3.8, 4) is 11.5 Å². The van der Waals surface area contributed by atoms with Gasteiger partial charge in [-0.25, -0.2) is 9.59 Å². The summed E-state index contributed by atoms with van der Waals surface area (Å²) in [4.78, 5) is 23.7. The molecule has 0 atom stereocenters. The normalized spacial score (nSPS) is 11.0. The number of benzene rings is 3. The summed E-state index contributed by atoms with van der Waals surface area (Å²) in [5.74, 6) is 0.524. The molecular weight excluding hydrogens is 392 g/mol. The lowest BCUT2D eigenvalue weighted by Gasteiger charge is -2.06. The van der Waals surface area contributed by atoms with Gasteiger partial charge in [0.25, 0.3) is 0 Å². The molecule has 0 aliphatic rings. The lowest BCUT2D eigenvalue weighted by molar-refractivity contribution is -0.128. The van der Waals surface area contributed by atoms with Crippen molar-refractivity contribution in [1.82, 2.24) is 0 Å². The first-order chi connectivity index (χ1) is 15.1. The maximum atomic E-state index is 12.2. The fourth-order valence-electron chi connectivity index (χ4n) is 3.10. The Morgan fingerprint density at radius 3 is 2.45 bits per heavy atom. The van der Waals surface area contributed by atoms with Crippen LogP contribution in [0.5, 0.6) is 11.5 Å². The SMILES string of the molecule is Cc1cc(=O)oc2cc(OC(=O)/C=C/c3ccc(OCc4ccccc4)cc3)ccc12. The average molecular weight is 412 g/mol. The highest BCUT2D eigenvalue weighted by Gasteiger charge is 2.06. The summed E-state index contributed by atoms with van der Waals surface area (Å²) in [7, 11) is 0. The van der Waals surface area contributed by atoms with Crippen LogP contribution in [-0.2, 0) is 11.4 Å². The van der Waals surface area contributed by atoms with Gasteiger partial charge in [-0.2, -0.15) is 0 Å². The van der Waals surface area contributed by atoms with Gasteiger partial charge in [-0.3, -0.25) is 0 Å². The molecule has 4 aromatic rings. The van der Waals surface area contributed by atoms with E-state index in [2.05, 4.69) is 0 Å². The average Bonchev–Trinajstić information content (AvgIpc) is 2.77. The number of fused-ring (bicyclic) bond motifs is 1. The Bertz CT molecular complexity index is 1290. The zero-order valence-electron chi connectivity index (χ0n) is 16.9. The summed E-state index contributed by atoms with van der Waals surface area (Å²) in [5.41, 5.74) is 2.68. The van der Waals surface area contributed by atoms with Gasteiger partial charge in [0.1, 0.15) is 23.7 Å². The van der Waals surface area contributed by atoms with Gasteiger partial charge in [0, 0.05) is 23.6 Å². The molecule has 3 aromatic carbocycles. The number of hydrogen-bond donors (Lipinski definition) is 0. The smallest absolute Gasteiger partial charge is 0.336 e. The van der Waals surface area contributed by atoms with Crippen LogP contribution in [0.25, 0.3) is 17.0 Å². The zero-order chi connectivity index (χ0) is 21.6. The van der Waals surface area contributed by atoms with Crippen LogP contribution in [0.2, 0.25) is 0 Å². The molecule has 31 heavy (non-hydrogen) atoms. The number of hydrogen-bond acceptors (Lipinski definition) is 5. The van der Waals surface area contributed by atoms with Crippen LogP contribution in [0.15, 0.2) is 94.2 Å². The van der Waals surface area contributed by atoms with E-state index in [1.165, 1.54) is 18.2 Å². The highest BCUT2D eigenvalue weighted by atomic mass is 16.5. The number of aryl methyl sites for hydroxylation is 1. The third kappa shape index (κ3) is 5.28. The van der Waals surface area contributed by atoms with E-state index in [4.69, 9.17) is 13.9 Å². The molecule has 0 fully saturated rings. The predicted octanol–water partition coefficient (Wildman–Crippen LogP) is 5.30. The molecule has 0 saturated heterocycles.